The zero-order chi connectivity index (χ0) is 19.4. The van der Waals surface area contributed by atoms with Gasteiger partial charge >= 0.3 is 0 Å². The van der Waals surface area contributed by atoms with Crippen molar-refractivity contribution in [3.05, 3.63) is 54.6 Å². The minimum Gasteiger partial charge on any atom is -0.748 e. The molecule has 0 N–H and O–H groups in total. The van der Waals surface area contributed by atoms with Gasteiger partial charge in [-0.3, -0.25) is 0 Å². The monoisotopic (exact) mass is 488 g/mol. The molecule has 0 amide bonds. The van der Waals surface area contributed by atoms with Gasteiger partial charge < -0.3 is 30.3 Å². The molecule has 28 heavy (non-hydrogen) atoms. The van der Waals surface area contributed by atoms with Crippen LogP contribution in [0.15, 0.2) is 54.6 Å². The Hall–Kier alpha value is -0.247. The molecule has 2 heteroatoms. The molecule has 0 aliphatic heterocycles. The largest absolute Gasteiger partial charge is 0.748 e. The molecular weight excluding hydrogens is 444 g/mol. The van der Waals surface area contributed by atoms with Crippen LogP contribution in [-0.2, 0) is 19.5 Å². The summed E-state index contributed by atoms with van der Waals surface area (Å²) >= 11 is 0. The third kappa shape index (κ3) is 15.7. The van der Waals surface area contributed by atoms with Crippen molar-refractivity contribution in [2.24, 2.45) is 0 Å². The maximum absolute atomic E-state index is 2.37. The minimum absolute atomic E-state index is 0. The summed E-state index contributed by atoms with van der Waals surface area (Å²) in [6, 6.07) is 19.2. The van der Waals surface area contributed by atoms with Crippen molar-refractivity contribution in [3.63, 3.8) is 0 Å². The van der Waals surface area contributed by atoms with Crippen molar-refractivity contribution in [1.82, 2.24) is 0 Å². The van der Waals surface area contributed by atoms with E-state index in [9.17, 15) is 0 Å². The van der Waals surface area contributed by atoms with Gasteiger partial charge in [0, 0.05) is 19.5 Å². The smallest absolute Gasteiger partial charge is 0 e. The van der Waals surface area contributed by atoms with Gasteiger partial charge in [-0.05, 0) is 25.2 Å². The minimum atomic E-state index is 0. The van der Waals surface area contributed by atoms with E-state index < -0.39 is 0 Å². The average Bonchev–Trinajstić information content (AvgIpc) is 3.42. The van der Waals surface area contributed by atoms with E-state index in [2.05, 4.69) is 38.1 Å². The fourth-order valence-corrected chi connectivity index (χ4v) is 5.98. The third-order valence-corrected chi connectivity index (χ3v) is 7.87. The molecule has 2 aromatic carbocycles. The van der Waals surface area contributed by atoms with Crippen LogP contribution in [0.4, 0.5) is 0 Å². The molecule has 2 rings (SSSR count). The average molecular weight is 488 g/mol. The molecule has 0 aliphatic carbocycles. The van der Waals surface area contributed by atoms with Gasteiger partial charge in [-0.15, -0.1) is 13.2 Å². The summed E-state index contributed by atoms with van der Waals surface area (Å²) < 4.78 is 0. The van der Waals surface area contributed by atoms with E-state index in [1.54, 1.807) is 5.30 Å². The van der Waals surface area contributed by atoms with Crippen molar-refractivity contribution in [2.45, 2.75) is 90.9 Å². The van der Waals surface area contributed by atoms with Gasteiger partial charge in [0.15, 0.2) is 0 Å². The number of hydrogen-bond acceptors (Lipinski definition) is 0. The molecule has 0 saturated heterocycles. The van der Waals surface area contributed by atoms with E-state index in [0.29, 0.717) is 0 Å². The van der Waals surface area contributed by atoms with Crippen LogP contribution in [0.3, 0.4) is 0 Å². The van der Waals surface area contributed by atoms with Crippen LogP contribution >= 0.6 is 7.92 Å². The predicted molar refractivity (Wildman–Crippen MR) is 127 cm³/mol. The van der Waals surface area contributed by atoms with Crippen LogP contribution in [0.5, 0.6) is 0 Å². The molecule has 0 fully saturated rings. The first-order valence-electron chi connectivity index (χ1n) is 11.5. The summed E-state index contributed by atoms with van der Waals surface area (Å²) in [5, 5.41) is 1.66. The SMILES string of the molecule is CCCCCCCCP(CCCCCCCC)[c-]1cccc1.[Ru].[cH-]1[cH-][cH-][cH-][cH-]1. The second kappa shape index (κ2) is 21.5. The quantitative estimate of drug-likeness (QED) is 0.102. The summed E-state index contributed by atoms with van der Waals surface area (Å²) in [6.45, 7) is 4.60. The van der Waals surface area contributed by atoms with Gasteiger partial charge in [-0.25, -0.2) is 12.1 Å². The van der Waals surface area contributed by atoms with E-state index >= 15 is 0 Å². The van der Waals surface area contributed by atoms with Crippen LogP contribution in [0.2, 0.25) is 0 Å². The molecule has 0 spiro atoms. The Morgan fingerprint density at radius 2 is 0.929 bits per heavy atom. The molecule has 2 aromatic rings. The van der Waals surface area contributed by atoms with Crippen molar-refractivity contribution in [1.29, 1.82) is 0 Å². The Balaban J connectivity index is 0.00000105. The molecule has 0 aliphatic rings. The zero-order valence-electron chi connectivity index (χ0n) is 18.4. The summed E-state index contributed by atoms with van der Waals surface area (Å²) in [5.41, 5.74) is 0. The van der Waals surface area contributed by atoms with Crippen LogP contribution < -0.4 is 5.30 Å². The molecule has 0 heterocycles. The van der Waals surface area contributed by atoms with Crippen molar-refractivity contribution in [3.8, 4) is 0 Å². The molecule has 0 radical (unpaired) electrons. The van der Waals surface area contributed by atoms with Crippen LogP contribution in [-0.4, -0.2) is 12.3 Å². The Bertz CT molecular complexity index is 441. The molecule has 0 bridgehead atoms. The van der Waals surface area contributed by atoms with Crippen molar-refractivity contribution >= 4 is 13.2 Å². The second-order valence-corrected chi connectivity index (χ2v) is 10.1. The maximum atomic E-state index is 2.37. The third-order valence-electron chi connectivity index (χ3n) is 5.13. The Labute approximate surface area is 190 Å². The van der Waals surface area contributed by atoms with E-state index in [0.717, 1.165) is 0 Å². The van der Waals surface area contributed by atoms with Gasteiger partial charge in [0.25, 0.3) is 0 Å². The normalized spacial score (nSPS) is 10.4. The first kappa shape index (κ1) is 27.8. The fourth-order valence-electron chi connectivity index (χ4n) is 3.43. The molecule has 0 unspecified atom stereocenters. The van der Waals surface area contributed by atoms with Gasteiger partial charge in [0.05, 0.1) is 0 Å². The number of hydrogen-bond donors (Lipinski definition) is 0. The fraction of sp³-hybridized carbons (Fsp3) is 0.615. The van der Waals surface area contributed by atoms with E-state index in [1.807, 2.05) is 30.3 Å². The number of rotatable bonds is 15. The molecule has 0 aromatic heterocycles. The van der Waals surface area contributed by atoms with Crippen LogP contribution in [0, 0.1) is 0 Å². The van der Waals surface area contributed by atoms with Crippen molar-refractivity contribution in [2.75, 3.05) is 12.3 Å². The summed E-state index contributed by atoms with van der Waals surface area (Å²) in [7, 11) is 0.132. The summed E-state index contributed by atoms with van der Waals surface area (Å²) in [4.78, 5) is 0. The first-order valence-corrected chi connectivity index (χ1v) is 13.2. The Morgan fingerprint density at radius 1 is 0.571 bits per heavy atom. The van der Waals surface area contributed by atoms with Crippen LogP contribution in [0.25, 0.3) is 0 Å². The standard InChI is InChI=1S/C21H38P.C5H5.Ru/c1-3-5-7-9-11-15-19-22(21-17-13-14-18-21)20-16-12-10-8-6-4-2;1-2-4-5-3-1;/h13-14,17-18H,3-12,15-16,19-20H2,1-2H3;1-5H;/q-1;-5;. The maximum Gasteiger partial charge on any atom is 0 e. The van der Waals surface area contributed by atoms with Gasteiger partial charge in [-0.1, -0.05) is 78.1 Å². The molecule has 0 atom stereocenters. The van der Waals surface area contributed by atoms with Crippen LogP contribution in [0.1, 0.15) is 90.9 Å². The van der Waals surface area contributed by atoms with E-state index in [4.69, 9.17) is 0 Å². The second-order valence-electron chi connectivity index (χ2n) is 7.63. The van der Waals surface area contributed by atoms with E-state index in [-0.39, 0.29) is 27.4 Å². The topological polar surface area (TPSA) is 0 Å². The first-order chi connectivity index (χ1) is 13.4. The van der Waals surface area contributed by atoms with E-state index in [1.165, 1.54) is 89.4 Å². The summed E-state index contributed by atoms with van der Waals surface area (Å²) in [6.07, 6.45) is 20.1. The zero-order valence-corrected chi connectivity index (χ0v) is 21.0. The summed E-state index contributed by atoms with van der Waals surface area (Å²) in [5.74, 6) is 0. The molecule has 0 saturated carbocycles. The van der Waals surface area contributed by atoms with Gasteiger partial charge in [0.2, 0.25) is 0 Å². The van der Waals surface area contributed by atoms with Gasteiger partial charge in [-0.2, -0.15) is 12.1 Å². The number of unbranched alkanes of at least 4 members (excludes halogenated alkanes) is 10. The molecular formula is C26H43PRu-6. The molecule has 166 valence electrons. The molecule has 0 nitrogen and oxygen atoms in total. The predicted octanol–water partition coefficient (Wildman–Crippen LogP) is 8.64. The van der Waals surface area contributed by atoms with Gasteiger partial charge in [0.1, 0.15) is 0 Å². The Morgan fingerprint density at radius 3 is 1.32 bits per heavy atom. The Kier molecular flexibility index (Phi) is 21.3. The van der Waals surface area contributed by atoms with Crippen molar-refractivity contribution < 1.29 is 19.5 Å².